The molecule has 0 aliphatic carbocycles. The van der Waals surface area contributed by atoms with Gasteiger partial charge in [0.05, 0.1) is 21.3 Å². The highest BCUT2D eigenvalue weighted by Gasteiger charge is 2.24. The number of alkyl halides is 2. The highest BCUT2D eigenvalue weighted by Crippen LogP contribution is 2.37. The molecule has 0 aliphatic rings. The molecule has 130 valence electrons. The first kappa shape index (κ1) is 17.5. The molecule has 1 aromatic heterocycles. The molecule has 3 rings (SSSR count). The van der Waals surface area contributed by atoms with Gasteiger partial charge >= 0.3 is 0 Å². The molecule has 0 spiro atoms. The van der Waals surface area contributed by atoms with Crippen LogP contribution in [0.1, 0.15) is 12.1 Å². The molecule has 0 saturated carbocycles. The van der Waals surface area contributed by atoms with Crippen LogP contribution in [0.3, 0.4) is 0 Å². The summed E-state index contributed by atoms with van der Waals surface area (Å²) in [6, 6.07) is 14.1. The Kier molecular flexibility index (Phi) is 4.59. The second-order valence-electron chi connectivity index (χ2n) is 5.17. The van der Waals surface area contributed by atoms with Crippen molar-refractivity contribution in [3.8, 4) is 16.9 Å². The van der Waals surface area contributed by atoms with E-state index < -0.39 is 22.1 Å². The largest absolute Gasteiger partial charge is 0.283 e. The van der Waals surface area contributed by atoms with Crippen molar-refractivity contribution in [2.45, 2.75) is 11.3 Å². The summed E-state index contributed by atoms with van der Waals surface area (Å²) in [4.78, 5) is -0.0927. The van der Waals surface area contributed by atoms with Gasteiger partial charge in [0.15, 0.2) is 0 Å². The molecule has 5 nitrogen and oxygen atoms in total. The minimum absolute atomic E-state index is 0.0927. The zero-order valence-electron chi connectivity index (χ0n) is 12.6. The van der Waals surface area contributed by atoms with Gasteiger partial charge < -0.3 is 0 Å². The van der Waals surface area contributed by atoms with Crippen LogP contribution in [0.15, 0.2) is 59.5 Å². The topological polar surface area (TPSA) is 78.0 Å². The minimum Gasteiger partial charge on any atom is -0.231 e. The highest BCUT2D eigenvalue weighted by atomic mass is 35.5. The van der Waals surface area contributed by atoms with Gasteiger partial charge in [0.25, 0.3) is 6.43 Å². The number of aromatic nitrogens is 2. The average Bonchev–Trinajstić information content (AvgIpc) is 2.92. The van der Waals surface area contributed by atoms with Crippen LogP contribution < -0.4 is 5.14 Å². The van der Waals surface area contributed by atoms with E-state index in [9.17, 15) is 17.2 Å². The molecule has 0 unspecified atom stereocenters. The van der Waals surface area contributed by atoms with Gasteiger partial charge in [0, 0.05) is 5.56 Å². The molecular weight excluding hydrogens is 372 g/mol. The Labute approximate surface area is 147 Å². The fourth-order valence-electron chi connectivity index (χ4n) is 2.36. The van der Waals surface area contributed by atoms with Crippen molar-refractivity contribution >= 4 is 21.6 Å². The SMILES string of the molecule is NS(=O)(=O)c1ccc(-n2nc(C(F)F)c(Cl)c2-c2ccccc2)cc1. The molecule has 0 atom stereocenters. The maximum atomic E-state index is 13.2. The number of nitrogens with two attached hydrogens (primary N) is 1. The van der Waals surface area contributed by atoms with Gasteiger partial charge in [-0.3, -0.25) is 0 Å². The maximum Gasteiger partial charge on any atom is 0.283 e. The zero-order chi connectivity index (χ0) is 18.2. The van der Waals surface area contributed by atoms with Crippen molar-refractivity contribution < 1.29 is 17.2 Å². The van der Waals surface area contributed by atoms with Gasteiger partial charge in [-0.25, -0.2) is 27.0 Å². The predicted octanol–water partition coefficient (Wildman–Crippen LogP) is 3.78. The van der Waals surface area contributed by atoms with Crippen LogP contribution in [-0.4, -0.2) is 18.2 Å². The van der Waals surface area contributed by atoms with E-state index in [0.29, 0.717) is 16.9 Å². The van der Waals surface area contributed by atoms with Crippen molar-refractivity contribution in [3.05, 3.63) is 65.3 Å². The van der Waals surface area contributed by atoms with E-state index in [1.807, 2.05) is 0 Å². The molecule has 25 heavy (non-hydrogen) atoms. The Morgan fingerprint density at radius 2 is 1.64 bits per heavy atom. The number of nitrogens with zero attached hydrogens (tertiary/aromatic N) is 2. The molecule has 0 aliphatic heterocycles. The summed E-state index contributed by atoms with van der Waals surface area (Å²) in [6.07, 6.45) is -2.85. The van der Waals surface area contributed by atoms with Gasteiger partial charge in [0.1, 0.15) is 5.69 Å². The first-order valence-electron chi connectivity index (χ1n) is 7.04. The van der Waals surface area contributed by atoms with Crippen molar-refractivity contribution in [1.82, 2.24) is 9.78 Å². The van der Waals surface area contributed by atoms with Gasteiger partial charge in [-0.1, -0.05) is 41.9 Å². The third-order valence-corrected chi connectivity index (χ3v) is 4.82. The van der Waals surface area contributed by atoms with E-state index in [-0.39, 0.29) is 9.92 Å². The van der Waals surface area contributed by atoms with Crippen LogP contribution in [0, 0.1) is 0 Å². The molecule has 2 aromatic carbocycles. The Hall–Kier alpha value is -2.29. The van der Waals surface area contributed by atoms with Crippen LogP contribution in [0.2, 0.25) is 5.02 Å². The summed E-state index contributed by atoms with van der Waals surface area (Å²) in [7, 11) is -3.86. The van der Waals surface area contributed by atoms with E-state index in [2.05, 4.69) is 5.10 Å². The predicted molar refractivity (Wildman–Crippen MR) is 90.3 cm³/mol. The molecule has 3 aromatic rings. The number of rotatable bonds is 4. The summed E-state index contributed by atoms with van der Waals surface area (Å²) in [5.74, 6) is 0. The quantitative estimate of drug-likeness (QED) is 0.744. The van der Waals surface area contributed by atoms with Gasteiger partial charge in [0.2, 0.25) is 10.0 Å². The van der Waals surface area contributed by atoms with E-state index in [0.717, 1.165) is 0 Å². The van der Waals surface area contributed by atoms with Crippen molar-refractivity contribution in [2.75, 3.05) is 0 Å². The Morgan fingerprint density at radius 3 is 2.16 bits per heavy atom. The number of halogens is 3. The fraction of sp³-hybridized carbons (Fsp3) is 0.0625. The molecule has 0 bridgehead atoms. The highest BCUT2D eigenvalue weighted by molar-refractivity contribution is 7.89. The number of benzene rings is 2. The summed E-state index contributed by atoms with van der Waals surface area (Å²) >= 11 is 6.13. The van der Waals surface area contributed by atoms with E-state index in [4.69, 9.17) is 16.7 Å². The monoisotopic (exact) mass is 383 g/mol. The van der Waals surface area contributed by atoms with Crippen LogP contribution >= 0.6 is 11.6 Å². The molecule has 0 fully saturated rings. The van der Waals surface area contributed by atoms with Gasteiger partial charge in [-0.05, 0) is 24.3 Å². The third kappa shape index (κ3) is 3.41. The maximum absolute atomic E-state index is 13.2. The lowest BCUT2D eigenvalue weighted by Gasteiger charge is -2.09. The lowest BCUT2D eigenvalue weighted by atomic mass is 10.1. The Morgan fingerprint density at radius 1 is 1.04 bits per heavy atom. The molecule has 1 heterocycles. The number of hydrogen-bond donors (Lipinski definition) is 1. The molecule has 0 amide bonds. The lowest BCUT2D eigenvalue weighted by Crippen LogP contribution is -2.12. The number of sulfonamides is 1. The first-order chi connectivity index (χ1) is 11.8. The van der Waals surface area contributed by atoms with E-state index >= 15 is 0 Å². The molecule has 0 radical (unpaired) electrons. The fourth-order valence-corrected chi connectivity index (χ4v) is 3.19. The Bertz CT molecular complexity index is 1000. The van der Waals surface area contributed by atoms with E-state index in [1.165, 1.54) is 28.9 Å². The normalized spacial score (nSPS) is 11.9. The summed E-state index contributed by atoms with van der Waals surface area (Å²) < 4.78 is 50.4. The Balaban J connectivity index is 2.20. The summed E-state index contributed by atoms with van der Waals surface area (Å²) in [6.45, 7) is 0. The standard InChI is InChI=1S/C16H12ClF2N3O2S/c17-13-14(16(18)19)21-22(15(13)10-4-2-1-3-5-10)11-6-8-12(9-7-11)25(20,23)24/h1-9,16H,(H2,20,23,24). The van der Waals surface area contributed by atoms with Crippen molar-refractivity contribution in [2.24, 2.45) is 5.14 Å². The van der Waals surface area contributed by atoms with Crippen molar-refractivity contribution in [3.63, 3.8) is 0 Å². The second kappa shape index (κ2) is 6.55. The number of hydrogen-bond acceptors (Lipinski definition) is 3. The third-order valence-electron chi connectivity index (χ3n) is 3.52. The second-order valence-corrected chi connectivity index (χ2v) is 7.10. The molecule has 9 heteroatoms. The molecule has 2 N–H and O–H groups in total. The molecular formula is C16H12ClF2N3O2S. The van der Waals surface area contributed by atoms with Gasteiger partial charge in [-0.15, -0.1) is 0 Å². The first-order valence-corrected chi connectivity index (χ1v) is 8.96. The summed E-state index contributed by atoms with van der Waals surface area (Å²) in [5.41, 5.74) is 0.722. The van der Waals surface area contributed by atoms with Crippen LogP contribution in [0.4, 0.5) is 8.78 Å². The van der Waals surface area contributed by atoms with Crippen LogP contribution in [-0.2, 0) is 10.0 Å². The van der Waals surface area contributed by atoms with Crippen LogP contribution in [0.5, 0.6) is 0 Å². The lowest BCUT2D eigenvalue weighted by molar-refractivity contribution is 0.145. The number of primary sulfonamides is 1. The minimum atomic E-state index is -3.86. The average molecular weight is 384 g/mol. The zero-order valence-corrected chi connectivity index (χ0v) is 14.2. The summed E-state index contributed by atoms with van der Waals surface area (Å²) in [5, 5.41) is 8.81. The van der Waals surface area contributed by atoms with Gasteiger partial charge in [-0.2, -0.15) is 5.10 Å². The van der Waals surface area contributed by atoms with Crippen molar-refractivity contribution in [1.29, 1.82) is 0 Å². The smallest absolute Gasteiger partial charge is 0.231 e. The van der Waals surface area contributed by atoms with E-state index in [1.54, 1.807) is 30.3 Å². The van der Waals surface area contributed by atoms with Crippen LogP contribution in [0.25, 0.3) is 16.9 Å². The molecule has 0 saturated heterocycles.